The molecular formula is C16H34O7Si. The average molecular weight is 367 g/mol. The molecule has 24 heavy (non-hydrogen) atoms. The third kappa shape index (κ3) is 9.43. The minimum absolute atomic E-state index is 0.0631. The summed E-state index contributed by atoms with van der Waals surface area (Å²) < 4.78 is 39.3. The maximum absolute atomic E-state index is 5.83. The first-order valence-corrected chi connectivity index (χ1v) is 10.8. The molecule has 0 aromatic rings. The molecule has 144 valence electrons. The molecule has 0 bridgehead atoms. The van der Waals surface area contributed by atoms with Gasteiger partial charge in [-0.25, -0.2) is 0 Å². The molecule has 0 spiro atoms. The van der Waals surface area contributed by atoms with E-state index in [1.54, 1.807) is 7.11 Å². The normalized spacial score (nSPS) is 18.8. The molecule has 0 aliphatic carbocycles. The van der Waals surface area contributed by atoms with E-state index >= 15 is 0 Å². The van der Waals surface area contributed by atoms with Gasteiger partial charge in [-0.15, -0.1) is 0 Å². The summed E-state index contributed by atoms with van der Waals surface area (Å²) in [5.41, 5.74) is 0. The summed E-state index contributed by atoms with van der Waals surface area (Å²) in [6.07, 6.45) is 1.02. The smallest absolute Gasteiger partial charge is 0.382 e. The Hall–Kier alpha value is -0.0631. The molecule has 1 aliphatic heterocycles. The maximum Gasteiger partial charge on any atom is 0.501 e. The third-order valence-electron chi connectivity index (χ3n) is 3.44. The SMILES string of the molecule is CCO[Si](CCCOCC(COC)OCC1CO1)(OCC)OCC. The van der Waals surface area contributed by atoms with E-state index in [1.807, 2.05) is 20.8 Å². The highest BCUT2D eigenvalue weighted by atomic mass is 28.4. The Kier molecular flexibility index (Phi) is 12.1. The van der Waals surface area contributed by atoms with E-state index in [-0.39, 0.29) is 12.2 Å². The van der Waals surface area contributed by atoms with Gasteiger partial charge in [-0.05, 0) is 27.2 Å². The van der Waals surface area contributed by atoms with Gasteiger partial charge in [-0.1, -0.05) is 0 Å². The van der Waals surface area contributed by atoms with Gasteiger partial charge in [0.2, 0.25) is 0 Å². The van der Waals surface area contributed by atoms with Crippen molar-refractivity contribution in [2.24, 2.45) is 0 Å². The Morgan fingerprint density at radius 3 is 2.17 bits per heavy atom. The van der Waals surface area contributed by atoms with Crippen molar-refractivity contribution in [3.8, 4) is 0 Å². The van der Waals surface area contributed by atoms with Gasteiger partial charge in [0.05, 0.1) is 26.4 Å². The van der Waals surface area contributed by atoms with Crippen molar-refractivity contribution in [3.63, 3.8) is 0 Å². The van der Waals surface area contributed by atoms with E-state index in [1.165, 1.54) is 0 Å². The standard InChI is InChI=1S/C16H34O7Si/c1-5-21-24(22-6-2,23-7-3)10-8-9-18-12-15(11-17-4)19-13-16-14-20-16/h15-16H,5-14H2,1-4H3. The predicted molar refractivity (Wildman–Crippen MR) is 92.2 cm³/mol. The zero-order valence-corrected chi connectivity index (χ0v) is 16.6. The topological polar surface area (TPSA) is 67.9 Å². The average Bonchev–Trinajstić information content (AvgIpc) is 3.37. The Morgan fingerprint density at radius 1 is 1.04 bits per heavy atom. The van der Waals surface area contributed by atoms with Gasteiger partial charge in [-0.2, -0.15) is 0 Å². The third-order valence-corrected chi connectivity index (χ3v) is 6.59. The molecule has 0 aromatic carbocycles. The molecule has 2 unspecified atom stereocenters. The number of rotatable bonds is 17. The number of methoxy groups -OCH3 is 1. The lowest BCUT2D eigenvalue weighted by Crippen LogP contribution is -2.46. The van der Waals surface area contributed by atoms with Crippen LogP contribution in [0.25, 0.3) is 0 Å². The Bertz CT molecular complexity index is 285. The van der Waals surface area contributed by atoms with Gasteiger partial charge in [0.1, 0.15) is 12.2 Å². The first kappa shape index (κ1) is 22.0. The van der Waals surface area contributed by atoms with Crippen molar-refractivity contribution in [1.82, 2.24) is 0 Å². The van der Waals surface area contributed by atoms with E-state index in [0.29, 0.717) is 46.2 Å². The lowest BCUT2D eigenvalue weighted by Gasteiger charge is -2.28. The van der Waals surface area contributed by atoms with Gasteiger partial charge in [0.15, 0.2) is 0 Å². The van der Waals surface area contributed by atoms with Crippen molar-refractivity contribution in [2.75, 3.05) is 60.0 Å². The predicted octanol–water partition coefficient (Wildman–Crippen LogP) is 1.87. The van der Waals surface area contributed by atoms with Crippen molar-refractivity contribution in [1.29, 1.82) is 0 Å². The van der Waals surface area contributed by atoms with Gasteiger partial charge in [0.25, 0.3) is 0 Å². The molecule has 1 rings (SSSR count). The minimum Gasteiger partial charge on any atom is -0.382 e. The van der Waals surface area contributed by atoms with Crippen LogP contribution in [-0.2, 0) is 32.2 Å². The van der Waals surface area contributed by atoms with E-state index in [4.69, 9.17) is 32.2 Å². The van der Waals surface area contributed by atoms with E-state index in [9.17, 15) is 0 Å². The lowest BCUT2D eigenvalue weighted by molar-refractivity contribution is -0.0550. The first-order chi connectivity index (χ1) is 11.7. The van der Waals surface area contributed by atoms with Crippen LogP contribution >= 0.6 is 0 Å². The quantitative estimate of drug-likeness (QED) is 0.221. The highest BCUT2D eigenvalue weighted by Gasteiger charge is 2.39. The maximum atomic E-state index is 5.83. The van der Waals surface area contributed by atoms with E-state index in [2.05, 4.69) is 0 Å². The lowest BCUT2D eigenvalue weighted by atomic mass is 10.4. The fourth-order valence-corrected chi connectivity index (χ4v) is 4.92. The van der Waals surface area contributed by atoms with Crippen LogP contribution < -0.4 is 0 Å². The van der Waals surface area contributed by atoms with Gasteiger partial charge in [-0.3, -0.25) is 0 Å². The van der Waals surface area contributed by atoms with E-state index < -0.39 is 8.80 Å². The number of hydrogen-bond donors (Lipinski definition) is 0. The molecule has 1 fully saturated rings. The second-order valence-electron chi connectivity index (χ2n) is 5.53. The summed E-state index contributed by atoms with van der Waals surface area (Å²) in [6, 6.07) is 0.758. The molecule has 0 amide bonds. The summed E-state index contributed by atoms with van der Waals surface area (Å²) >= 11 is 0. The molecule has 0 radical (unpaired) electrons. The van der Waals surface area contributed by atoms with E-state index in [0.717, 1.165) is 19.1 Å². The van der Waals surface area contributed by atoms with Gasteiger partial charge in [0, 0.05) is 39.6 Å². The second kappa shape index (κ2) is 13.2. The fraction of sp³-hybridized carbons (Fsp3) is 1.00. The number of ether oxygens (including phenoxy) is 4. The van der Waals surface area contributed by atoms with Crippen LogP contribution in [0, 0.1) is 0 Å². The van der Waals surface area contributed by atoms with Crippen molar-refractivity contribution >= 4 is 8.80 Å². The molecule has 8 heteroatoms. The van der Waals surface area contributed by atoms with Gasteiger partial charge < -0.3 is 32.2 Å². The summed E-state index contributed by atoms with van der Waals surface area (Å²) in [6.45, 7) is 10.7. The first-order valence-electron chi connectivity index (χ1n) is 8.91. The summed E-state index contributed by atoms with van der Waals surface area (Å²) in [5, 5.41) is 0. The summed E-state index contributed by atoms with van der Waals surface area (Å²) in [5.74, 6) is 0. The van der Waals surface area contributed by atoms with Crippen LogP contribution in [0.3, 0.4) is 0 Å². The number of epoxide rings is 1. The molecule has 1 heterocycles. The Labute approximate surface area is 147 Å². The molecule has 2 atom stereocenters. The summed E-state index contributed by atoms with van der Waals surface area (Å²) in [7, 11) is -0.899. The molecule has 1 saturated heterocycles. The Morgan fingerprint density at radius 2 is 1.67 bits per heavy atom. The van der Waals surface area contributed by atoms with Gasteiger partial charge >= 0.3 is 8.80 Å². The van der Waals surface area contributed by atoms with Crippen LogP contribution in [0.5, 0.6) is 0 Å². The summed E-state index contributed by atoms with van der Waals surface area (Å²) in [4.78, 5) is 0. The zero-order chi connectivity index (χ0) is 17.7. The van der Waals surface area contributed by atoms with Crippen LogP contribution in [0.2, 0.25) is 6.04 Å². The largest absolute Gasteiger partial charge is 0.501 e. The molecule has 7 nitrogen and oxygen atoms in total. The van der Waals surface area contributed by atoms with Crippen LogP contribution in [0.4, 0.5) is 0 Å². The van der Waals surface area contributed by atoms with Crippen molar-refractivity contribution in [2.45, 2.75) is 45.4 Å². The Balaban J connectivity index is 2.23. The van der Waals surface area contributed by atoms with Crippen LogP contribution in [0.1, 0.15) is 27.2 Å². The fourth-order valence-electron chi connectivity index (χ4n) is 2.34. The van der Waals surface area contributed by atoms with Crippen molar-refractivity contribution in [3.05, 3.63) is 0 Å². The number of hydrogen-bond acceptors (Lipinski definition) is 7. The molecule has 1 aliphatic rings. The van der Waals surface area contributed by atoms with Crippen LogP contribution in [0.15, 0.2) is 0 Å². The molecule has 0 N–H and O–H groups in total. The minimum atomic E-state index is -2.56. The highest BCUT2D eigenvalue weighted by Crippen LogP contribution is 2.18. The molecule has 0 saturated carbocycles. The zero-order valence-electron chi connectivity index (χ0n) is 15.6. The second-order valence-corrected chi connectivity index (χ2v) is 8.26. The molecule has 0 aromatic heterocycles. The molecular weight excluding hydrogens is 332 g/mol. The van der Waals surface area contributed by atoms with Crippen LogP contribution in [-0.4, -0.2) is 81.0 Å². The monoisotopic (exact) mass is 366 g/mol. The highest BCUT2D eigenvalue weighted by molar-refractivity contribution is 6.60. The van der Waals surface area contributed by atoms with Crippen molar-refractivity contribution < 1.29 is 32.2 Å².